The molecular formula is C13H15N5O2S. The monoisotopic (exact) mass is 305 g/mol. The molecule has 1 aromatic carbocycles. The molecule has 0 aliphatic carbocycles. The number of hydrogen-bond donors (Lipinski definition) is 3. The summed E-state index contributed by atoms with van der Waals surface area (Å²) in [4.78, 5) is 20.4. The van der Waals surface area contributed by atoms with Gasteiger partial charge in [-0.05, 0) is 36.9 Å². The highest BCUT2D eigenvalue weighted by molar-refractivity contribution is 7.99. The Morgan fingerprint density at radius 2 is 1.86 bits per heavy atom. The number of nitrogen functional groups attached to an aromatic ring is 3. The summed E-state index contributed by atoms with van der Waals surface area (Å²) in [6, 6.07) is 6.36. The second-order valence-corrected chi connectivity index (χ2v) is 5.08. The summed E-state index contributed by atoms with van der Waals surface area (Å²) >= 11 is 1.22. The molecule has 6 N–H and O–H groups in total. The van der Waals surface area contributed by atoms with Crippen LogP contribution in [0, 0.1) is 0 Å². The van der Waals surface area contributed by atoms with E-state index in [9.17, 15) is 4.79 Å². The summed E-state index contributed by atoms with van der Waals surface area (Å²) < 4.78 is 4.91. The number of carbonyl (C=O) groups is 1. The van der Waals surface area contributed by atoms with Crippen molar-refractivity contribution in [3.63, 3.8) is 0 Å². The molecule has 0 spiro atoms. The predicted molar refractivity (Wildman–Crippen MR) is 81.8 cm³/mol. The van der Waals surface area contributed by atoms with E-state index < -0.39 is 5.97 Å². The maximum Gasteiger partial charge on any atom is 0.338 e. The molecule has 0 amide bonds. The minimum Gasteiger partial charge on any atom is -0.462 e. The van der Waals surface area contributed by atoms with Crippen LogP contribution in [0.15, 0.2) is 34.3 Å². The van der Waals surface area contributed by atoms with Crippen LogP contribution in [-0.2, 0) is 4.74 Å². The quantitative estimate of drug-likeness (QED) is 0.440. The van der Waals surface area contributed by atoms with Gasteiger partial charge in [-0.1, -0.05) is 0 Å². The summed E-state index contributed by atoms with van der Waals surface area (Å²) in [6.45, 7) is 2.05. The first kappa shape index (κ1) is 14.9. The van der Waals surface area contributed by atoms with Gasteiger partial charge in [0.1, 0.15) is 11.6 Å². The van der Waals surface area contributed by atoms with Gasteiger partial charge in [-0.15, -0.1) is 0 Å². The fraction of sp³-hybridized carbons (Fsp3) is 0.154. The number of esters is 1. The van der Waals surface area contributed by atoms with E-state index in [-0.39, 0.29) is 11.6 Å². The number of benzene rings is 1. The Labute approximate surface area is 125 Å². The van der Waals surface area contributed by atoms with E-state index in [1.807, 2.05) is 0 Å². The van der Waals surface area contributed by atoms with Crippen LogP contribution >= 0.6 is 11.8 Å². The molecule has 2 rings (SSSR count). The molecule has 0 saturated carbocycles. The van der Waals surface area contributed by atoms with Crippen molar-refractivity contribution in [3.8, 4) is 0 Å². The molecule has 2 aromatic rings. The van der Waals surface area contributed by atoms with Crippen molar-refractivity contribution in [1.82, 2.24) is 9.97 Å². The number of carbonyl (C=O) groups excluding carboxylic acids is 1. The van der Waals surface area contributed by atoms with Gasteiger partial charge in [-0.3, -0.25) is 0 Å². The van der Waals surface area contributed by atoms with Crippen LogP contribution in [0.5, 0.6) is 0 Å². The molecule has 0 aliphatic heterocycles. The molecule has 21 heavy (non-hydrogen) atoms. The van der Waals surface area contributed by atoms with E-state index in [0.717, 1.165) is 0 Å². The van der Waals surface area contributed by atoms with Crippen molar-refractivity contribution in [2.75, 3.05) is 23.8 Å². The van der Waals surface area contributed by atoms with Gasteiger partial charge in [-0.2, -0.15) is 0 Å². The van der Waals surface area contributed by atoms with Gasteiger partial charge in [-0.25, -0.2) is 14.8 Å². The molecule has 0 saturated heterocycles. The second-order valence-electron chi connectivity index (χ2n) is 4.08. The summed E-state index contributed by atoms with van der Waals surface area (Å²) in [5.41, 5.74) is 18.0. The van der Waals surface area contributed by atoms with E-state index in [1.54, 1.807) is 25.1 Å². The van der Waals surface area contributed by atoms with Gasteiger partial charge in [0.15, 0.2) is 5.16 Å². The fourth-order valence-corrected chi connectivity index (χ4v) is 2.40. The molecule has 0 radical (unpaired) electrons. The van der Waals surface area contributed by atoms with Crippen LogP contribution in [0.4, 0.5) is 17.3 Å². The van der Waals surface area contributed by atoms with Gasteiger partial charge in [0.05, 0.1) is 12.2 Å². The number of rotatable bonds is 4. The maximum absolute atomic E-state index is 11.6. The normalized spacial score (nSPS) is 10.3. The molecule has 8 heteroatoms. The molecule has 0 fully saturated rings. The van der Waals surface area contributed by atoms with E-state index in [2.05, 4.69) is 9.97 Å². The van der Waals surface area contributed by atoms with Crippen LogP contribution in [0.25, 0.3) is 0 Å². The molecule has 0 aliphatic rings. The smallest absolute Gasteiger partial charge is 0.338 e. The first-order valence-corrected chi connectivity index (χ1v) is 6.95. The molecular weight excluding hydrogens is 290 g/mol. The number of aromatic nitrogens is 2. The average Bonchev–Trinajstić information content (AvgIpc) is 2.40. The van der Waals surface area contributed by atoms with Crippen LogP contribution in [0.1, 0.15) is 17.3 Å². The van der Waals surface area contributed by atoms with Gasteiger partial charge in [0.25, 0.3) is 0 Å². The van der Waals surface area contributed by atoms with Crippen molar-refractivity contribution in [3.05, 3.63) is 29.8 Å². The minimum atomic E-state index is -0.412. The SMILES string of the molecule is CCOC(=O)c1ccc(Sc2nc(N)cc(N)n2)c(N)c1. The third-order valence-electron chi connectivity index (χ3n) is 2.47. The molecule has 110 valence electrons. The second kappa shape index (κ2) is 6.31. The first-order chi connectivity index (χ1) is 9.99. The number of anilines is 3. The summed E-state index contributed by atoms with van der Waals surface area (Å²) in [7, 11) is 0. The molecule has 0 bridgehead atoms. The number of hydrogen-bond acceptors (Lipinski definition) is 8. The lowest BCUT2D eigenvalue weighted by Crippen LogP contribution is -2.05. The van der Waals surface area contributed by atoms with Crippen molar-refractivity contribution in [1.29, 1.82) is 0 Å². The van der Waals surface area contributed by atoms with E-state index in [4.69, 9.17) is 21.9 Å². The van der Waals surface area contributed by atoms with E-state index >= 15 is 0 Å². The molecule has 1 aromatic heterocycles. The Hall–Kier alpha value is -2.48. The Bertz CT molecular complexity index is 657. The van der Waals surface area contributed by atoms with Crippen molar-refractivity contribution in [2.45, 2.75) is 17.0 Å². The third-order valence-corrected chi connectivity index (χ3v) is 3.42. The van der Waals surface area contributed by atoms with Gasteiger partial charge in [0.2, 0.25) is 0 Å². The van der Waals surface area contributed by atoms with Crippen LogP contribution in [0.3, 0.4) is 0 Å². The minimum absolute atomic E-state index is 0.284. The third kappa shape index (κ3) is 3.76. The number of ether oxygens (including phenoxy) is 1. The summed E-state index contributed by atoms with van der Waals surface area (Å²) in [5, 5.41) is 0.392. The van der Waals surface area contributed by atoms with E-state index in [1.165, 1.54) is 17.8 Å². The Morgan fingerprint density at radius 3 is 2.43 bits per heavy atom. The lowest BCUT2D eigenvalue weighted by molar-refractivity contribution is 0.0526. The number of nitrogens with zero attached hydrogens (tertiary/aromatic N) is 2. The zero-order valence-corrected chi connectivity index (χ0v) is 12.2. The number of nitrogens with two attached hydrogens (primary N) is 3. The molecule has 7 nitrogen and oxygen atoms in total. The topological polar surface area (TPSA) is 130 Å². The van der Waals surface area contributed by atoms with Crippen LogP contribution < -0.4 is 17.2 Å². The standard InChI is InChI=1S/C13H15N5O2S/c1-2-20-12(19)7-3-4-9(8(14)5-7)21-13-17-10(15)6-11(16)18-13/h3-6H,2,14H2,1H3,(H4,15,16,17,18). The Morgan fingerprint density at radius 1 is 1.19 bits per heavy atom. The zero-order valence-electron chi connectivity index (χ0n) is 11.4. The lowest BCUT2D eigenvalue weighted by atomic mass is 10.2. The highest BCUT2D eigenvalue weighted by Crippen LogP contribution is 2.31. The first-order valence-electron chi connectivity index (χ1n) is 6.14. The van der Waals surface area contributed by atoms with Crippen LogP contribution in [0.2, 0.25) is 0 Å². The predicted octanol–water partition coefficient (Wildman–Crippen LogP) is 1.55. The highest BCUT2D eigenvalue weighted by atomic mass is 32.2. The molecule has 0 unspecified atom stereocenters. The largest absolute Gasteiger partial charge is 0.462 e. The molecule has 0 atom stereocenters. The van der Waals surface area contributed by atoms with Crippen molar-refractivity contribution >= 4 is 35.1 Å². The van der Waals surface area contributed by atoms with Gasteiger partial charge < -0.3 is 21.9 Å². The Kier molecular flexibility index (Phi) is 4.49. The highest BCUT2D eigenvalue weighted by Gasteiger charge is 2.11. The fourth-order valence-electron chi connectivity index (χ4n) is 1.59. The Balaban J connectivity index is 2.23. The summed E-state index contributed by atoms with van der Waals surface area (Å²) in [5.74, 6) is 0.156. The summed E-state index contributed by atoms with van der Waals surface area (Å²) in [6.07, 6.45) is 0. The molecule has 1 heterocycles. The lowest BCUT2D eigenvalue weighted by Gasteiger charge is -2.07. The van der Waals surface area contributed by atoms with Gasteiger partial charge in [0, 0.05) is 16.6 Å². The average molecular weight is 305 g/mol. The van der Waals surface area contributed by atoms with Crippen molar-refractivity contribution < 1.29 is 9.53 Å². The van der Waals surface area contributed by atoms with E-state index in [0.29, 0.717) is 27.9 Å². The van der Waals surface area contributed by atoms with Crippen LogP contribution in [-0.4, -0.2) is 22.5 Å². The van der Waals surface area contributed by atoms with Crippen molar-refractivity contribution in [2.24, 2.45) is 0 Å². The maximum atomic E-state index is 11.6. The van der Waals surface area contributed by atoms with Gasteiger partial charge >= 0.3 is 5.97 Å². The zero-order chi connectivity index (χ0) is 15.4.